The monoisotopic (exact) mass is 478 g/mol. The molecule has 0 bridgehead atoms. The van der Waals surface area contributed by atoms with Gasteiger partial charge in [0.2, 0.25) is 11.0 Å². The molecule has 3 aromatic rings. The molecule has 0 unspecified atom stereocenters. The number of hydrogen-bond acceptors (Lipinski definition) is 6. The molecule has 2 aromatic carbocycles. The Kier molecular flexibility index (Phi) is 8.12. The number of amides is 2. The van der Waals surface area contributed by atoms with Crippen molar-refractivity contribution >= 4 is 28.3 Å². The number of carbonyl (C=O) groups is 2. The average Bonchev–Trinajstić information content (AvgIpc) is 3.27. The zero-order valence-corrected chi connectivity index (χ0v) is 18.4. The smallest absolute Gasteiger partial charge is 0.383 e. The molecule has 0 saturated carbocycles. The SMILES string of the molecule is COCCN(CCC(=O)Nc1nnc(-c2ccccc2)s1)C(=O)c1ccc(C(F)(F)F)cc1. The van der Waals surface area contributed by atoms with Crippen molar-refractivity contribution < 1.29 is 27.5 Å². The van der Waals surface area contributed by atoms with E-state index in [0.29, 0.717) is 10.1 Å². The predicted octanol–water partition coefficient (Wildman–Crippen LogP) is 4.34. The number of anilines is 1. The molecule has 0 aliphatic heterocycles. The number of nitrogens with one attached hydrogen (secondary N) is 1. The molecule has 0 atom stereocenters. The molecule has 0 aliphatic rings. The Labute approximate surface area is 192 Å². The summed E-state index contributed by atoms with van der Waals surface area (Å²) in [6, 6.07) is 13.3. The number of halogens is 3. The largest absolute Gasteiger partial charge is 0.416 e. The number of hydrogen-bond donors (Lipinski definition) is 1. The molecule has 1 heterocycles. The standard InChI is InChI=1S/C22H21F3N4O3S/c1-32-14-13-29(20(31)16-7-9-17(10-8-16)22(23,24)25)12-11-18(30)26-21-28-27-19(33-21)15-5-3-2-4-6-15/h2-10H,11-14H2,1H3,(H,26,28,30). The molecular formula is C22H21F3N4O3S. The first kappa shape index (κ1) is 24.3. The maximum Gasteiger partial charge on any atom is 0.416 e. The number of nitrogens with zero attached hydrogens (tertiary/aromatic N) is 3. The van der Waals surface area contributed by atoms with Crippen LogP contribution < -0.4 is 5.32 Å². The maximum absolute atomic E-state index is 12.8. The Hall–Kier alpha value is -3.31. The lowest BCUT2D eigenvalue weighted by atomic mass is 10.1. The molecule has 11 heteroatoms. The van der Waals surface area contributed by atoms with Gasteiger partial charge in [0.15, 0.2) is 0 Å². The van der Waals surface area contributed by atoms with E-state index < -0.39 is 17.6 Å². The minimum Gasteiger partial charge on any atom is -0.383 e. The molecule has 1 aromatic heterocycles. The van der Waals surface area contributed by atoms with Gasteiger partial charge in [0.1, 0.15) is 5.01 Å². The minimum atomic E-state index is -4.49. The van der Waals surface area contributed by atoms with Crippen molar-refractivity contribution in [1.82, 2.24) is 15.1 Å². The van der Waals surface area contributed by atoms with Crippen molar-refractivity contribution in [3.05, 3.63) is 65.7 Å². The first-order valence-corrected chi connectivity index (χ1v) is 10.7. The van der Waals surface area contributed by atoms with Crippen molar-refractivity contribution in [3.63, 3.8) is 0 Å². The third kappa shape index (κ3) is 6.83. The molecule has 2 amide bonds. The van der Waals surface area contributed by atoms with Crippen LogP contribution in [0.3, 0.4) is 0 Å². The van der Waals surface area contributed by atoms with E-state index in [9.17, 15) is 22.8 Å². The van der Waals surface area contributed by atoms with Crippen LogP contribution in [-0.2, 0) is 15.7 Å². The number of benzene rings is 2. The third-order valence-electron chi connectivity index (χ3n) is 4.61. The fourth-order valence-electron chi connectivity index (χ4n) is 2.89. The zero-order chi connectivity index (χ0) is 23.8. The van der Waals surface area contributed by atoms with Crippen LogP contribution >= 0.6 is 11.3 Å². The second kappa shape index (κ2) is 11.0. The van der Waals surface area contributed by atoms with Gasteiger partial charge in [0.25, 0.3) is 5.91 Å². The van der Waals surface area contributed by atoms with E-state index >= 15 is 0 Å². The lowest BCUT2D eigenvalue weighted by molar-refractivity contribution is -0.137. The summed E-state index contributed by atoms with van der Waals surface area (Å²) in [5.41, 5.74) is 0.133. The quantitative estimate of drug-likeness (QED) is 0.495. The molecular weight excluding hydrogens is 457 g/mol. The van der Waals surface area contributed by atoms with Gasteiger partial charge in [-0.15, -0.1) is 10.2 Å². The van der Waals surface area contributed by atoms with Gasteiger partial charge in [0, 0.05) is 37.7 Å². The molecule has 0 radical (unpaired) electrons. The summed E-state index contributed by atoms with van der Waals surface area (Å²) in [5, 5.41) is 11.7. The van der Waals surface area contributed by atoms with Gasteiger partial charge in [0.05, 0.1) is 12.2 Å². The van der Waals surface area contributed by atoms with Crippen LogP contribution in [0.25, 0.3) is 10.6 Å². The highest BCUT2D eigenvalue weighted by Crippen LogP contribution is 2.29. The Morgan fingerprint density at radius 2 is 1.73 bits per heavy atom. The molecule has 1 N–H and O–H groups in total. The zero-order valence-electron chi connectivity index (χ0n) is 17.6. The van der Waals surface area contributed by atoms with Crippen molar-refractivity contribution in [2.75, 3.05) is 32.1 Å². The van der Waals surface area contributed by atoms with E-state index in [0.717, 1.165) is 29.8 Å². The van der Waals surface area contributed by atoms with Crippen molar-refractivity contribution in [2.24, 2.45) is 0 Å². The van der Waals surface area contributed by atoms with E-state index in [1.807, 2.05) is 30.3 Å². The minimum absolute atomic E-state index is 0.0314. The molecule has 0 aliphatic carbocycles. The van der Waals surface area contributed by atoms with Crippen LogP contribution in [0, 0.1) is 0 Å². The highest BCUT2D eigenvalue weighted by Gasteiger charge is 2.30. The van der Waals surface area contributed by atoms with Crippen LogP contribution in [-0.4, -0.2) is 53.7 Å². The van der Waals surface area contributed by atoms with Crippen molar-refractivity contribution in [3.8, 4) is 10.6 Å². The number of methoxy groups -OCH3 is 1. The number of alkyl halides is 3. The van der Waals surface area contributed by atoms with Crippen molar-refractivity contribution in [2.45, 2.75) is 12.6 Å². The van der Waals surface area contributed by atoms with Gasteiger partial charge >= 0.3 is 6.18 Å². The normalized spacial score (nSPS) is 11.3. The first-order valence-electron chi connectivity index (χ1n) is 9.92. The van der Waals surface area contributed by atoms with Crippen LogP contribution in [0.1, 0.15) is 22.3 Å². The Bertz CT molecular complexity index is 1070. The summed E-state index contributed by atoms with van der Waals surface area (Å²) in [6.07, 6.45) is -4.52. The highest BCUT2D eigenvalue weighted by atomic mass is 32.1. The van der Waals surface area contributed by atoms with Crippen LogP contribution in [0.5, 0.6) is 0 Å². The predicted molar refractivity (Wildman–Crippen MR) is 118 cm³/mol. The van der Waals surface area contributed by atoms with E-state index in [2.05, 4.69) is 15.5 Å². The average molecular weight is 478 g/mol. The number of aromatic nitrogens is 2. The van der Waals surface area contributed by atoms with Gasteiger partial charge in [-0.1, -0.05) is 41.7 Å². The van der Waals surface area contributed by atoms with Crippen LogP contribution in [0.2, 0.25) is 0 Å². The number of ether oxygens (including phenoxy) is 1. The fourth-order valence-corrected chi connectivity index (χ4v) is 3.66. The van der Waals surface area contributed by atoms with E-state index in [1.165, 1.54) is 23.3 Å². The molecule has 0 fully saturated rings. The third-order valence-corrected chi connectivity index (χ3v) is 5.50. The summed E-state index contributed by atoms with van der Waals surface area (Å²) in [5.74, 6) is -0.857. The number of carbonyl (C=O) groups excluding carboxylic acids is 2. The second-order valence-corrected chi connectivity index (χ2v) is 7.91. The lowest BCUT2D eigenvalue weighted by Gasteiger charge is -2.22. The first-order chi connectivity index (χ1) is 15.8. The molecule has 174 valence electrons. The summed E-state index contributed by atoms with van der Waals surface area (Å²) in [4.78, 5) is 26.5. The summed E-state index contributed by atoms with van der Waals surface area (Å²) in [7, 11) is 1.47. The van der Waals surface area contributed by atoms with E-state index in [1.54, 1.807) is 0 Å². The maximum atomic E-state index is 12.8. The second-order valence-electron chi connectivity index (χ2n) is 6.94. The van der Waals surface area contributed by atoms with E-state index in [-0.39, 0.29) is 37.6 Å². The van der Waals surface area contributed by atoms with Crippen LogP contribution in [0.4, 0.5) is 18.3 Å². The van der Waals surface area contributed by atoms with Crippen LogP contribution in [0.15, 0.2) is 54.6 Å². The fraction of sp³-hybridized carbons (Fsp3) is 0.273. The Morgan fingerprint density at radius 3 is 2.36 bits per heavy atom. The van der Waals surface area contributed by atoms with Gasteiger partial charge < -0.3 is 15.0 Å². The molecule has 0 spiro atoms. The topological polar surface area (TPSA) is 84.4 Å². The molecule has 33 heavy (non-hydrogen) atoms. The van der Waals surface area contributed by atoms with Gasteiger partial charge in [-0.25, -0.2) is 0 Å². The number of rotatable bonds is 9. The highest BCUT2D eigenvalue weighted by molar-refractivity contribution is 7.18. The van der Waals surface area contributed by atoms with Gasteiger partial charge in [-0.2, -0.15) is 13.2 Å². The molecule has 3 rings (SSSR count). The van der Waals surface area contributed by atoms with Gasteiger partial charge in [-0.05, 0) is 24.3 Å². The summed E-state index contributed by atoms with van der Waals surface area (Å²) < 4.78 is 43.3. The Morgan fingerprint density at radius 1 is 1.03 bits per heavy atom. The van der Waals surface area contributed by atoms with E-state index in [4.69, 9.17) is 4.74 Å². The van der Waals surface area contributed by atoms with Crippen molar-refractivity contribution in [1.29, 1.82) is 0 Å². The molecule has 7 nitrogen and oxygen atoms in total. The molecule has 0 saturated heterocycles. The Balaban J connectivity index is 1.60. The van der Waals surface area contributed by atoms with Gasteiger partial charge in [-0.3, -0.25) is 9.59 Å². The summed E-state index contributed by atoms with van der Waals surface area (Å²) in [6.45, 7) is 0.449. The summed E-state index contributed by atoms with van der Waals surface area (Å²) >= 11 is 1.22. The lowest BCUT2D eigenvalue weighted by Crippen LogP contribution is -2.36.